The van der Waals surface area contributed by atoms with Crippen molar-refractivity contribution in [2.24, 2.45) is 0 Å². The number of rotatable bonds is 3. The molecule has 0 saturated carbocycles. The molecule has 0 unspecified atom stereocenters. The average Bonchev–Trinajstić information content (AvgIpc) is 3.94. The molecule has 0 bridgehead atoms. The Morgan fingerprint density at radius 1 is 0.262 bits per heavy atom. The molecule has 288 valence electrons. The van der Waals surface area contributed by atoms with Gasteiger partial charge in [0.1, 0.15) is 0 Å². The van der Waals surface area contributed by atoms with Crippen LogP contribution in [0.4, 0.5) is 0 Å². The molecule has 3 nitrogen and oxygen atoms in total. The lowest BCUT2D eigenvalue weighted by Gasteiger charge is -2.30. The van der Waals surface area contributed by atoms with Crippen molar-refractivity contribution in [1.29, 1.82) is 0 Å². The van der Waals surface area contributed by atoms with Crippen molar-refractivity contribution in [2.45, 2.75) is 43.9 Å². The molecule has 61 heavy (non-hydrogen) atoms. The molecule has 4 aliphatic rings. The largest absolute Gasteiger partial charge is 0.208 e. The smallest absolute Gasteiger partial charge is 0.164 e. The van der Waals surface area contributed by atoms with Crippen LogP contribution in [0.25, 0.3) is 78.7 Å². The molecule has 1 heterocycles. The Hall–Kier alpha value is -7.23. The van der Waals surface area contributed by atoms with Crippen LogP contribution in [-0.2, 0) is 16.2 Å². The fourth-order valence-corrected chi connectivity index (χ4v) is 11.7. The molecule has 0 N–H and O–H groups in total. The first-order valence-corrected chi connectivity index (χ1v) is 21.4. The van der Waals surface area contributed by atoms with Crippen LogP contribution in [0.1, 0.15) is 72.2 Å². The van der Waals surface area contributed by atoms with Crippen molar-refractivity contribution in [3.63, 3.8) is 0 Å². The van der Waals surface area contributed by atoms with Crippen LogP contribution in [0.15, 0.2) is 176 Å². The summed E-state index contributed by atoms with van der Waals surface area (Å²) in [5.74, 6) is 2.01. The topological polar surface area (TPSA) is 38.7 Å². The van der Waals surface area contributed by atoms with E-state index in [1.807, 2.05) is 0 Å². The quantitative estimate of drug-likeness (QED) is 0.179. The molecule has 1 spiro atoms. The molecule has 3 heteroatoms. The predicted octanol–water partition coefficient (Wildman–Crippen LogP) is 13.8. The lowest BCUT2D eigenvalue weighted by Crippen LogP contribution is -2.25. The fraction of sp³-hybridized carbons (Fsp3) is 0.121. The highest BCUT2D eigenvalue weighted by Gasteiger charge is 2.51. The zero-order valence-electron chi connectivity index (χ0n) is 34.6. The van der Waals surface area contributed by atoms with Crippen LogP contribution in [0.2, 0.25) is 0 Å². The molecule has 0 fully saturated rings. The molecule has 0 amide bonds. The van der Waals surface area contributed by atoms with Gasteiger partial charge in [-0.05, 0) is 107 Å². The van der Waals surface area contributed by atoms with Crippen molar-refractivity contribution in [3.8, 4) is 78.7 Å². The van der Waals surface area contributed by atoms with Crippen molar-refractivity contribution in [1.82, 2.24) is 15.0 Å². The molecule has 9 aromatic rings. The Balaban J connectivity index is 1.04. The van der Waals surface area contributed by atoms with E-state index < -0.39 is 5.41 Å². The maximum atomic E-state index is 5.41. The zero-order chi connectivity index (χ0) is 40.8. The van der Waals surface area contributed by atoms with Crippen LogP contribution >= 0.6 is 0 Å². The van der Waals surface area contributed by atoms with Crippen LogP contribution in [0.3, 0.4) is 0 Å². The summed E-state index contributed by atoms with van der Waals surface area (Å²) in [5.41, 5.74) is 23.0. The summed E-state index contributed by atoms with van der Waals surface area (Å²) in [6.07, 6.45) is 0. The first-order chi connectivity index (χ1) is 29.7. The number of aromatic nitrogens is 3. The monoisotopic (exact) mass is 779 g/mol. The maximum absolute atomic E-state index is 5.41. The summed E-state index contributed by atoms with van der Waals surface area (Å²) in [4.78, 5) is 16.2. The van der Waals surface area contributed by atoms with Gasteiger partial charge in [-0.1, -0.05) is 185 Å². The Bertz CT molecular complexity index is 3200. The second kappa shape index (κ2) is 12.0. The maximum Gasteiger partial charge on any atom is 0.164 e. The van der Waals surface area contributed by atoms with E-state index in [-0.39, 0.29) is 10.8 Å². The Labute approximate surface area is 356 Å². The van der Waals surface area contributed by atoms with Crippen molar-refractivity contribution < 1.29 is 0 Å². The number of benzene rings is 8. The second-order valence-corrected chi connectivity index (χ2v) is 18.3. The van der Waals surface area contributed by atoms with Gasteiger partial charge >= 0.3 is 0 Å². The van der Waals surface area contributed by atoms with E-state index in [9.17, 15) is 0 Å². The Kier molecular flexibility index (Phi) is 6.78. The molecule has 0 aliphatic heterocycles. The summed E-state index contributed by atoms with van der Waals surface area (Å²) < 4.78 is 0. The molecular weight excluding hydrogens is 739 g/mol. The lowest BCUT2D eigenvalue weighted by molar-refractivity contribution is 0.660. The van der Waals surface area contributed by atoms with Crippen LogP contribution in [-0.4, -0.2) is 15.0 Å². The zero-order valence-corrected chi connectivity index (χ0v) is 34.6. The van der Waals surface area contributed by atoms with Gasteiger partial charge in [0.2, 0.25) is 0 Å². The van der Waals surface area contributed by atoms with Gasteiger partial charge in [0.15, 0.2) is 17.5 Å². The molecule has 0 radical (unpaired) electrons. The Morgan fingerprint density at radius 2 is 0.525 bits per heavy atom. The average molecular weight is 780 g/mol. The second-order valence-electron chi connectivity index (χ2n) is 18.3. The summed E-state index contributed by atoms with van der Waals surface area (Å²) in [7, 11) is 0. The van der Waals surface area contributed by atoms with Gasteiger partial charge in [-0.15, -0.1) is 0 Å². The summed E-state index contributed by atoms with van der Waals surface area (Å²) in [6.45, 7) is 9.31. The van der Waals surface area contributed by atoms with Crippen molar-refractivity contribution in [3.05, 3.63) is 220 Å². The number of hydrogen-bond acceptors (Lipinski definition) is 3. The highest BCUT2D eigenvalue weighted by Crippen LogP contribution is 2.63. The third-order valence-electron chi connectivity index (χ3n) is 14.6. The van der Waals surface area contributed by atoms with E-state index in [1.165, 1.54) is 89.0 Å². The van der Waals surface area contributed by atoms with Gasteiger partial charge in [-0.25, -0.2) is 15.0 Å². The van der Waals surface area contributed by atoms with E-state index in [0.29, 0.717) is 17.5 Å². The summed E-state index contributed by atoms with van der Waals surface area (Å²) in [5, 5.41) is 0. The van der Waals surface area contributed by atoms with Gasteiger partial charge < -0.3 is 0 Å². The first kappa shape index (κ1) is 34.6. The SMILES string of the molecule is CC1(C)c2ccccc2-c2ccc(-c3nc(-c4ccc5c(c4)C(C)(C)c4ccccc4-5)nc(-c4ccc5c(c4)C4(c6ccccc6-c6ccccc64)c4ccccc4-5)n3)cc21. The fourth-order valence-electron chi connectivity index (χ4n) is 11.7. The highest BCUT2D eigenvalue weighted by molar-refractivity contribution is 5.96. The Morgan fingerprint density at radius 3 is 0.885 bits per heavy atom. The molecule has 13 rings (SSSR count). The van der Waals surface area contributed by atoms with E-state index in [2.05, 4.69) is 204 Å². The third-order valence-corrected chi connectivity index (χ3v) is 14.6. The number of hydrogen-bond donors (Lipinski definition) is 0. The van der Waals surface area contributed by atoms with Gasteiger partial charge in [0.25, 0.3) is 0 Å². The van der Waals surface area contributed by atoms with E-state index in [4.69, 9.17) is 15.0 Å². The van der Waals surface area contributed by atoms with Gasteiger partial charge in [0.05, 0.1) is 5.41 Å². The minimum Gasteiger partial charge on any atom is -0.208 e. The minimum absolute atomic E-state index is 0.154. The first-order valence-electron chi connectivity index (χ1n) is 21.4. The standard InChI is InChI=1S/C58H41N3/c1-56(2)45-20-10-5-15-37(45)42-28-25-34(31-50(42)56)53-59-54(35-26-29-43-38-16-6-11-21-46(38)57(3,4)51(43)32-35)61-55(60-53)36-27-30-44-41-19-9-14-24-49(41)58(52(44)33-36)47-22-12-7-17-39(47)40-18-8-13-23-48(40)58/h5-33H,1-4H3. The highest BCUT2D eigenvalue weighted by atomic mass is 15.0. The number of fused-ring (bicyclic) bond motifs is 16. The van der Waals surface area contributed by atoms with Gasteiger partial charge in [0, 0.05) is 27.5 Å². The van der Waals surface area contributed by atoms with Gasteiger partial charge in [-0.3, -0.25) is 0 Å². The third kappa shape index (κ3) is 4.45. The van der Waals surface area contributed by atoms with Crippen molar-refractivity contribution in [2.75, 3.05) is 0 Å². The minimum atomic E-state index is -0.463. The van der Waals surface area contributed by atoms with E-state index >= 15 is 0 Å². The predicted molar refractivity (Wildman–Crippen MR) is 248 cm³/mol. The van der Waals surface area contributed by atoms with Crippen LogP contribution in [0, 0.1) is 0 Å². The van der Waals surface area contributed by atoms with Crippen LogP contribution in [0.5, 0.6) is 0 Å². The normalized spacial score (nSPS) is 15.6. The van der Waals surface area contributed by atoms with E-state index in [1.54, 1.807) is 0 Å². The number of nitrogens with zero attached hydrogens (tertiary/aromatic N) is 3. The van der Waals surface area contributed by atoms with E-state index in [0.717, 1.165) is 16.7 Å². The lowest BCUT2D eigenvalue weighted by atomic mass is 9.70. The molecular formula is C58H41N3. The molecule has 8 aromatic carbocycles. The summed E-state index contributed by atoms with van der Waals surface area (Å²) in [6, 6.07) is 65.0. The molecule has 0 saturated heterocycles. The summed E-state index contributed by atoms with van der Waals surface area (Å²) >= 11 is 0. The van der Waals surface area contributed by atoms with Crippen LogP contribution < -0.4 is 0 Å². The van der Waals surface area contributed by atoms with Crippen molar-refractivity contribution >= 4 is 0 Å². The molecule has 0 atom stereocenters. The molecule has 1 aromatic heterocycles. The van der Waals surface area contributed by atoms with Gasteiger partial charge in [-0.2, -0.15) is 0 Å². The molecule has 4 aliphatic carbocycles.